The molecule has 5 nitrogen and oxygen atoms in total. The van der Waals surface area contributed by atoms with Gasteiger partial charge in [0.1, 0.15) is 15.9 Å². The lowest BCUT2D eigenvalue weighted by atomic mass is 10.2. The van der Waals surface area contributed by atoms with Gasteiger partial charge in [-0.25, -0.2) is 4.98 Å². The molecule has 0 fully saturated rings. The predicted octanol–water partition coefficient (Wildman–Crippen LogP) is 3.42. The average molecular weight is 366 g/mol. The van der Waals surface area contributed by atoms with Crippen LogP contribution in [0.3, 0.4) is 0 Å². The second-order valence-electron chi connectivity index (χ2n) is 5.43. The number of nitrogens with one attached hydrogen (secondary N) is 2. The van der Waals surface area contributed by atoms with Crippen LogP contribution in [0.2, 0.25) is 5.02 Å². The SMILES string of the molecule is CCCNC(=O)C(C)NC(=O)c1sc(-c2cccc(Cl)c2)nc1C. The Morgan fingerprint density at radius 3 is 2.79 bits per heavy atom. The summed E-state index contributed by atoms with van der Waals surface area (Å²) < 4.78 is 0. The first kappa shape index (κ1) is 18.4. The van der Waals surface area contributed by atoms with Crippen LogP contribution in [-0.4, -0.2) is 29.4 Å². The number of halogens is 1. The van der Waals surface area contributed by atoms with Crippen molar-refractivity contribution in [1.29, 1.82) is 0 Å². The van der Waals surface area contributed by atoms with E-state index in [1.54, 1.807) is 19.9 Å². The van der Waals surface area contributed by atoms with Crippen LogP contribution in [-0.2, 0) is 4.79 Å². The van der Waals surface area contributed by atoms with Crippen LogP contribution in [0.25, 0.3) is 10.6 Å². The summed E-state index contributed by atoms with van der Waals surface area (Å²) >= 11 is 7.29. The smallest absolute Gasteiger partial charge is 0.263 e. The summed E-state index contributed by atoms with van der Waals surface area (Å²) in [6.45, 7) is 6.01. The van der Waals surface area contributed by atoms with Crippen LogP contribution in [0.5, 0.6) is 0 Å². The van der Waals surface area contributed by atoms with E-state index in [1.165, 1.54) is 11.3 Å². The average Bonchev–Trinajstić information content (AvgIpc) is 2.94. The second kappa shape index (κ2) is 8.26. The van der Waals surface area contributed by atoms with Crippen molar-refractivity contribution < 1.29 is 9.59 Å². The Kier molecular flexibility index (Phi) is 6.34. The van der Waals surface area contributed by atoms with Gasteiger partial charge in [-0.1, -0.05) is 30.7 Å². The van der Waals surface area contributed by atoms with Gasteiger partial charge in [0.25, 0.3) is 5.91 Å². The van der Waals surface area contributed by atoms with E-state index in [9.17, 15) is 9.59 Å². The molecule has 0 aliphatic carbocycles. The highest BCUT2D eigenvalue weighted by molar-refractivity contribution is 7.17. The number of hydrogen-bond donors (Lipinski definition) is 2. The van der Waals surface area contributed by atoms with Crippen LogP contribution in [0.15, 0.2) is 24.3 Å². The molecule has 24 heavy (non-hydrogen) atoms. The molecule has 1 unspecified atom stereocenters. The summed E-state index contributed by atoms with van der Waals surface area (Å²) in [6, 6.07) is 6.74. The molecule has 0 radical (unpaired) electrons. The first-order valence-electron chi connectivity index (χ1n) is 7.74. The minimum atomic E-state index is -0.597. The lowest BCUT2D eigenvalue weighted by Crippen LogP contribution is -2.44. The van der Waals surface area contributed by atoms with E-state index < -0.39 is 6.04 Å². The molecule has 1 heterocycles. The third-order valence-electron chi connectivity index (χ3n) is 3.36. The Morgan fingerprint density at radius 2 is 2.12 bits per heavy atom. The zero-order valence-corrected chi connectivity index (χ0v) is 15.4. The number of carbonyl (C=O) groups is 2. The maximum Gasteiger partial charge on any atom is 0.263 e. The monoisotopic (exact) mass is 365 g/mol. The van der Waals surface area contributed by atoms with Crippen molar-refractivity contribution in [2.45, 2.75) is 33.2 Å². The molecule has 0 spiro atoms. The lowest BCUT2D eigenvalue weighted by molar-refractivity contribution is -0.122. The standard InChI is InChI=1S/C17H20ClN3O2S/c1-4-8-19-15(22)11(3)20-16(23)14-10(2)21-17(24-14)12-6-5-7-13(18)9-12/h5-7,9,11H,4,8H2,1-3H3,(H,19,22)(H,20,23). The molecule has 2 N–H and O–H groups in total. The van der Waals surface area contributed by atoms with E-state index in [-0.39, 0.29) is 11.8 Å². The van der Waals surface area contributed by atoms with Gasteiger partial charge in [0.05, 0.1) is 5.69 Å². The number of benzene rings is 1. The Balaban J connectivity index is 2.12. The highest BCUT2D eigenvalue weighted by atomic mass is 35.5. The minimum absolute atomic E-state index is 0.192. The van der Waals surface area contributed by atoms with E-state index >= 15 is 0 Å². The Morgan fingerprint density at radius 1 is 1.38 bits per heavy atom. The van der Waals surface area contributed by atoms with E-state index in [1.807, 2.05) is 25.1 Å². The Hall–Kier alpha value is -1.92. The maximum absolute atomic E-state index is 12.4. The van der Waals surface area contributed by atoms with Gasteiger partial charge in [-0.2, -0.15) is 0 Å². The van der Waals surface area contributed by atoms with Crippen molar-refractivity contribution in [1.82, 2.24) is 15.6 Å². The summed E-state index contributed by atoms with van der Waals surface area (Å²) in [5, 5.41) is 6.82. The quantitative estimate of drug-likeness (QED) is 0.824. The molecule has 2 aromatic rings. The van der Waals surface area contributed by atoms with Gasteiger partial charge in [-0.15, -0.1) is 11.3 Å². The third-order valence-corrected chi connectivity index (χ3v) is 4.80. The molecule has 0 saturated carbocycles. The van der Waals surface area contributed by atoms with Crippen LogP contribution in [0, 0.1) is 6.92 Å². The number of thiazole rings is 1. The molecule has 2 rings (SSSR count). The molecule has 1 atom stereocenters. The maximum atomic E-state index is 12.4. The van der Waals surface area contributed by atoms with E-state index in [2.05, 4.69) is 15.6 Å². The third kappa shape index (κ3) is 4.55. The lowest BCUT2D eigenvalue weighted by Gasteiger charge is -2.13. The fraction of sp³-hybridized carbons (Fsp3) is 0.353. The van der Waals surface area contributed by atoms with Gasteiger partial charge in [0.2, 0.25) is 5.91 Å². The zero-order valence-electron chi connectivity index (χ0n) is 13.9. The van der Waals surface area contributed by atoms with Gasteiger partial charge in [-0.05, 0) is 32.4 Å². The molecule has 0 saturated heterocycles. The summed E-state index contributed by atoms with van der Waals surface area (Å²) in [6.07, 6.45) is 0.851. The molecule has 1 aromatic heterocycles. The fourth-order valence-corrected chi connectivity index (χ4v) is 3.24. The first-order valence-corrected chi connectivity index (χ1v) is 8.93. The number of aromatic nitrogens is 1. The number of rotatable bonds is 6. The van der Waals surface area contributed by atoms with E-state index in [0.29, 0.717) is 22.1 Å². The van der Waals surface area contributed by atoms with E-state index in [4.69, 9.17) is 11.6 Å². The highest BCUT2D eigenvalue weighted by Crippen LogP contribution is 2.29. The molecule has 0 bridgehead atoms. The molecule has 0 aliphatic rings. The van der Waals surface area contributed by atoms with Gasteiger partial charge < -0.3 is 10.6 Å². The van der Waals surface area contributed by atoms with Gasteiger partial charge in [-0.3, -0.25) is 9.59 Å². The highest BCUT2D eigenvalue weighted by Gasteiger charge is 2.20. The molecular weight excluding hydrogens is 346 g/mol. The summed E-state index contributed by atoms with van der Waals surface area (Å²) in [5.74, 6) is -0.486. The second-order valence-corrected chi connectivity index (χ2v) is 6.87. The number of carbonyl (C=O) groups excluding carboxylic acids is 2. The fourth-order valence-electron chi connectivity index (χ4n) is 2.08. The predicted molar refractivity (Wildman–Crippen MR) is 97.5 cm³/mol. The molecule has 1 aromatic carbocycles. The number of nitrogens with zero attached hydrogens (tertiary/aromatic N) is 1. The van der Waals surface area contributed by atoms with Crippen LogP contribution in [0.4, 0.5) is 0 Å². The van der Waals surface area contributed by atoms with Crippen molar-refractivity contribution in [3.8, 4) is 10.6 Å². The van der Waals surface area contributed by atoms with Gasteiger partial charge in [0, 0.05) is 17.1 Å². The molecular formula is C17H20ClN3O2S. The van der Waals surface area contributed by atoms with Crippen molar-refractivity contribution in [2.75, 3.05) is 6.54 Å². The number of amides is 2. The zero-order chi connectivity index (χ0) is 17.7. The molecule has 7 heteroatoms. The Labute approximate surface area is 150 Å². The molecule has 2 amide bonds. The number of hydrogen-bond acceptors (Lipinski definition) is 4. The Bertz CT molecular complexity index is 745. The topological polar surface area (TPSA) is 71.1 Å². The van der Waals surface area contributed by atoms with Gasteiger partial charge >= 0.3 is 0 Å². The molecule has 128 valence electrons. The number of aryl methyl sites for hydroxylation is 1. The van der Waals surface area contributed by atoms with Crippen molar-refractivity contribution in [2.24, 2.45) is 0 Å². The van der Waals surface area contributed by atoms with Crippen molar-refractivity contribution in [3.63, 3.8) is 0 Å². The van der Waals surface area contributed by atoms with Crippen LogP contribution < -0.4 is 10.6 Å². The van der Waals surface area contributed by atoms with Gasteiger partial charge in [0.15, 0.2) is 0 Å². The van der Waals surface area contributed by atoms with E-state index in [0.717, 1.165) is 17.0 Å². The molecule has 0 aliphatic heterocycles. The summed E-state index contributed by atoms with van der Waals surface area (Å²) in [5.41, 5.74) is 1.50. The first-order chi connectivity index (χ1) is 11.4. The normalized spacial score (nSPS) is 11.8. The van der Waals surface area contributed by atoms with Crippen molar-refractivity contribution >= 4 is 34.8 Å². The summed E-state index contributed by atoms with van der Waals surface area (Å²) in [7, 11) is 0. The van der Waals surface area contributed by atoms with Crippen LogP contribution in [0.1, 0.15) is 35.6 Å². The largest absolute Gasteiger partial charge is 0.354 e. The van der Waals surface area contributed by atoms with Crippen LogP contribution >= 0.6 is 22.9 Å². The van der Waals surface area contributed by atoms with Crippen molar-refractivity contribution in [3.05, 3.63) is 39.9 Å². The minimum Gasteiger partial charge on any atom is -0.354 e. The summed E-state index contributed by atoms with van der Waals surface area (Å²) in [4.78, 5) is 29.2.